The lowest BCUT2D eigenvalue weighted by Gasteiger charge is -2.36. The number of hydrogen-bond acceptors (Lipinski definition) is 3. The zero-order chi connectivity index (χ0) is 14.0. The van der Waals surface area contributed by atoms with Gasteiger partial charge in [-0.3, -0.25) is 0 Å². The van der Waals surface area contributed by atoms with Gasteiger partial charge in [0.2, 0.25) is 0 Å². The third-order valence-electron chi connectivity index (χ3n) is 4.43. The highest BCUT2D eigenvalue weighted by Gasteiger charge is 2.34. The van der Waals surface area contributed by atoms with E-state index in [-0.39, 0.29) is 0 Å². The van der Waals surface area contributed by atoms with Crippen LogP contribution in [-0.2, 0) is 10.2 Å². The molecule has 3 rings (SSSR count). The van der Waals surface area contributed by atoms with E-state index >= 15 is 0 Å². The second-order valence-corrected chi connectivity index (χ2v) is 8.10. The molecule has 3 aliphatic rings. The molecule has 2 heterocycles. The van der Waals surface area contributed by atoms with Crippen molar-refractivity contribution in [2.45, 2.75) is 38.1 Å². The van der Waals surface area contributed by atoms with Crippen LogP contribution in [0.3, 0.4) is 0 Å². The number of rotatable bonds is 5. The van der Waals surface area contributed by atoms with Gasteiger partial charge in [-0.15, -0.1) is 0 Å². The molecule has 0 amide bonds. The molecule has 1 N–H and O–H groups in total. The summed E-state index contributed by atoms with van der Waals surface area (Å²) in [5.41, 5.74) is 0. The van der Waals surface area contributed by atoms with Crippen molar-refractivity contribution in [3.8, 4) is 0 Å². The Bertz CT molecular complexity index is 459. The standard InChI is InChI=1S/C14H25N3O2S/c18-20(19,16-8-2-1-3-9-16)17-10-4-5-13(12-17)11-15-14-6-7-14/h1-2,13-15H,3-12H2. The molecule has 2 aliphatic heterocycles. The van der Waals surface area contributed by atoms with Gasteiger partial charge >= 0.3 is 0 Å². The van der Waals surface area contributed by atoms with Crippen molar-refractivity contribution in [3.63, 3.8) is 0 Å². The third-order valence-corrected chi connectivity index (χ3v) is 6.40. The minimum Gasteiger partial charge on any atom is -0.314 e. The van der Waals surface area contributed by atoms with Crippen LogP contribution in [0.15, 0.2) is 12.2 Å². The van der Waals surface area contributed by atoms with E-state index in [2.05, 4.69) is 11.4 Å². The molecule has 0 aromatic heterocycles. The van der Waals surface area contributed by atoms with E-state index in [0.29, 0.717) is 38.1 Å². The van der Waals surface area contributed by atoms with E-state index in [1.165, 1.54) is 12.8 Å². The highest BCUT2D eigenvalue weighted by atomic mass is 32.2. The highest BCUT2D eigenvalue weighted by molar-refractivity contribution is 7.86. The lowest BCUT2D eigenvalue weighted by Crippen LogP contribution is -2.50. The average molecular weight is 299 g/mol. The van der Waals surface area contributed by atoms with Gasteiger partial charge in [0.1, 0.15) is 0 Å². The van der Waals surface area contributed by atoms with Gasteiger partial charge in [0, 0.05) is 32.2 Å². The Morgan fingerprint density at radius 3 is 2.65 bits per heavy atom. The molecule has 0 aromatic carbocycles. The molecular formula is C14H25N3O2S. The van der Waals surface area contributed by atoms with Crippen LogP contribution in [0, 0.1) is 5.92 Å². The van der Waals surface area contributed by atoms with Crippen LogP contribution in [-0.4, -0.2) is 55.8 Å². The lowest BCUT2D eigenvalue weighted by atomic mass is 10.00. The molecule has 1 atom stereocenters. The molecular weight excluding hydrogens is 274 g/mol. The topological polar surface area (TPSA) is 52.7 Å². The first kappa shape index (κ1) is 14.5. The summed E-state index contributed by atoms with van der Waals surface area (Å²) in [5.74, 6) is 0.472. The van der Waals surface area contributed by atoms with Crippen molar-refractivity contribution in [3.05, 3.63) is 12.2 Å². The van der Waals surface area contributed by atoms with Gasteiger partial charge in [-0.05, 0) is 44.6 Å². The van der Waals surface area contributed by atoms with Crippen LogP contribution in [0.2, 0.25) is 0 Å². The largest absolute Gasteiger partial charge is 0.314 e. The van der Waals surface area contributed by atoms with Crippen LogP contribution in [0.5, 0.6) is 0 Å². The molecule has 1 unspecified atom stereocenters. The Morgan fingerprint density at radius 1 is 1.10 bits per heavy atom. The fraction of sp³-hybridized carbons (Fsp3) is 0.857. The maximum atomic E-state index is 12.6. The van der Waals surface area contributed by atoms with Gasteiger partial charge in [0.15, 0.2) is 0 Å². The van der Waals surface area contributed by atoms with Gasteiger partial charge in [-0.1, -0.05) is 12.2 Å². The highest BCUT2D eigenvalue weighted by Crippen LogP contribution is 2.24. The van der Waals surface area contributed by atoms with E-state index < -0.39 is 10.2 Å². The van der Waals surface area contributed by atoms with Crippen LogP contribution in [0.4, 0.5) is 0 Å². The molecule has 0 aromatic rings. The van der Waals surface area contributed by atoms with Crippen LogP contribution in [0.1, 0.15) is 32.1 Å². The maximum absolute atomic E-state index is 12.6. The first-order chi connectivity index (χ1) is 9.66. The van der Waals surface area contributed by atoms with Gasteiger partial charge in [0.05, 0.1) is 0 Å². The molecule has 1 saturated heterocycles. The van der Waals surface area contributed by atoms with E-state index in [1.54, 1.807) is 8.61 Å². The van der Waals surface area contributed by atoms with Gasteiger partial charge in [-0.2, -0.15) is 17.0 Å². The van der Waals surface area contributed by atoms with Crippen LogP contribution < -0.4 is 5.32 Å². The Hall–Kier alpha value is -0.430. The minimum atomic E-state index is -3.25. The van der Waals surface area contributed by atoms with Gasteiger partial charge in [0.25, 0.3) is 10.2 Å². The fourth-order valence-electron chi connectivity index (χ4n) is 3.02. The molecule has 20 heavy (non-hydrogen) atoms. The number of hydrogen-bond donors (Lipinski definition) is 1. The molecule has 114 valence electrons. The first-order valence-corrected chi connectivity index (χ1v) is 9.19. The molecule has 6 heteroatoms. The summed E-state index contributed by atoms with van der Waals surface area (Å²) in [5, 5.41) is 3.53. The zero-order valence-corrected chi connectivity index (χ0v) is 12.8. The maximum Gasteiger partial charge on any atom is 0.282 e. The van der Waals surface area contributed by atoms with Crippen molar-refractivity contribution < 1.29 is 8.42 Å². The summed E-state index contributed by atoms with van der Waals surface area (Å²) in [6, 6.07) is 0.703. The Kier molecular flexibility index (Phi) is 4.45. The quantitative estimate of drug-likeness (QED) is 0.769. The van der Waals surface area contributed by atoms with E-state index in [0.717, 1.165) is 25.8 Å². The summed E-state index contributed by atoms with van der Waals surface area (Å²) in [6.07, 6.45) is 9.55. The normalized spacial score (nSPS) is 29.7. The van der Waals surface area contributed by atoms with Crippen LogP contribution >= 0.6 is 0 Å². The second-order valence-electron chi connectivity index (χ2n) is 6.17. The molecule has 0 spiro atoms. The minimum absolute atomic E-state index is 0.472. The predicted molar refractivity (Wildman–Crippen MR) is 79.6 cm³/mol. The van der Waals surface area contributed by atoms with Crippen molar-refractivity contribution >= 4 is 10.2 Å². The van der Waals surface area contributed by atoms with Gasteiger partial charge in [-0.25, -0.2) is 0 Å². The Balaban J connectivity index is 1.58. The molecule has 0 radical (unpaired) electrons. The number of nitrogens with zero attached hydrogens (tertiary/aromatic N) is 2. The van der Waals surface area contributed by atoms with Crippen molar-refractivity contribution in [1.82, 2.24) is 13.9 Å². The summed E-state index contributed by atoms with van der Waals surface area (Å²) < 4.78 is 28.6. The molecule has 1 aliphatic carbocycles. The van der Waals surface area contributed by atoms with Crippen molar-refractivity contribution in [2.24, 2.45) is 5.92 Å². The molecule has 2 fully saturated rings. The average Bonchev–Trinajstić information content (AvgIpc) is 3.31. The second kappa shape index (κ2) is 6.13. The monoisotopic (exact) mass is 299 g/mol. The fourth-order valence-corrected chi connectivity index (χ4v) is 4.71. The summed E-state index contributed by atoms with van der Waals surface area (Å²) in [4.78, 5) is 0. The van der Waals surface area contributed by atoms with E-state index in [4.69, 9.17) is 0 Å². The molecule has 1 saturated carbocycles. The molecule has 0 bridgehead atoms. The van der Waals surface area contributed by atoms with E-state index in [1.807, 2.05) is 6.08 Å². The summed E-state index contributed by atoms with van der Waals surface area (Å²) >= 11 is 0. The SMILES string of the molecule is O=S(=O)(N1CC=CCC1)N1CCCC(CNC2CC2)C1. The Morgan fingerprint density at radius 2 is 1.95 bits per heavy atom. The molecule has 5 nitrogen and oxygen atoms in total. The third kappa shape index (κ3) is 3.42. The van der Waals surface area contributed by atoms with Gasteiger partial charge < -0.3 is 5.32 Å². The first-order valence-electron chi connectivity index (χ1n) is 7.80. The summed E-state index contributed by atoms with van der Waals surface area (Å²) in [7, 11) is -3.25. The number of piperidine rings is 1. The predicted octanol–water partition coefficient (Wildman–Crippen LogP) is 0.957. The smallest absolute Gasteiger partial charge is 0.282 e. The summed E-state index contributed by atoms with van der Waals surface area (Å²) in [6.45, 7) is 3.49. The number of nitrogens with one attached hydrogen (secondary N) is 1. The van der Waals surface area contributed by atoms with Crippen molar-refractivity contribution in [2.75, 3.05) is 32.7 Å². The Labute approximate surface area is 122 Å². The zero-order valence-electron chi connectivity index (χ0n) is 12.0. The lowest BCUT2D eigenvalue weighted by molar-refractivity contribution is 0.243. The van der Waals surface area contributed by atoms with E-state index in [9.17, 15) is 8.42 Å². The van der Waals surface area contributed by atoms with Crippen molar-refractivity contribution in [1.29, 1.82) is 0 Å². The van der Waals surface area contributed by atoms with Crippen LogP contribution in [0.25, 0.3) is 0 Å².